The van der Waals surface area contributed by atoms with Crippen molar-refractivity contribution in [1.29, 1.82) is 0 Å². The first-order valence-corrected chi connectivity index (χ1v) is 12.8. The third-order valence-corrected chi connectivity index (χ3v) is 6.68. The molecule has 0 spiro atoms. The van der Waals surface area contributed by atoms with Gasteiger partial charge in [-0.05, 0) is 59.2 Å². The molecule has 0 aromatic heterocycles. The quantitative estimate of drug-likeness (QED) is 0.276. The second kappa shape index (κ2) is 11.6. The number of amides is 2. The largest absolute Gasteiger partial charge is 0.454 e. The molecule has 38 heavy (non-hydrogen) atoms. The van der Waals surface area contributed by atoms with E-state index in [0.717, 1.165) is 16.7 Å². The summed E-state index contributed by atoms with van der Waals surface area (Å²) in [5.74, 6) is 1.03. The van der Waals surface area contributed by atoms with Crippen molar-refractivity contribution < 1.29 is 19.1 Å². The molecule has 0 aliphatic carbocycles. The molecule has 192 valence electrons. The lowest BCUT2D eigenvalue weighted by Crippen LogP contribution is -2.30. The Morgan fingerprint density at radius 3 is 2.29 bits per heavy atom. The summed E-state index contributed by atoms with van der Waals surface area (Å²) >= 11 is 12.4. The number of ether oxygens (including phenoxy) is 2. The van der Waals surface area contributed by atoms with E-state index in [1.165, 1.54) is 0 Å². The number of rotatable bonds is 8. The second-order valence-electron chi connectivity index (χ2n) is 8.81. The highest BCUT2D eigenvalue weighted by atomic mass is 35.5. The Balaban J connectivity index is 1.28. The summed E-state index contributed by atoms with van der Waals surface area (Å²) in [6.07, 6.45) is 0.209. The minimum atomic E-state index is -0.246. The molecule has 0 saturated carbocycles. The monoisotopic (exact) mass is 546 g/mol. The van der Waals surface area contributed by atoms with Crippen molar-refractivity contribution in [2.75, 3.05) is 11.7 Å². The molecule has 0 atom stereocenters. The number of carbonyl (C=O) groups is 2. The van der Waals surface area contributed by atoms with Gasteiger partial charge in [0.15, 0.2) is 11.5 Å². The first kappa shape index (κ1) is 25.6. The molecule has 8 heteroatoms. The number of halogens is 2. The smallest absolute Gasteiger partial charge is 0.260 e. The molecular formula is C30H24Cl2N2O4. The van der Waals surface area contributed by atoms with Gasteiger partial charge < -0.3 is 19.7 Å². The number of nitrogens with one attached hydrogen (secondary N) is 1. The Morgan fingerprint density at radius 2 is 1.53 bits per heavy atom. The maximum atomic E-state index is 13.6. The van der Waals surface area contributed by atoms with E-state index in [9.17, 15) is 9.59 Å². The molecule has 0 radical (unpaired) electrons. The molecule has 1 N–H and O–H groups in total. The lowest BCUT2D eigenvalue weighted by atomic mass is 10.1. The predicted octanol–water partition coefficient (Wildman–Crippen LogP) is 6.43. The van der Waals surface area contributed by atoms with Gasteiger partial charge in [0.2, 0.25) is 12.7 Å². The highest BCUT2D eigenvalue weighted by Gasteiger charge is 2.21. The molecule has 1 aliphatic rings. The van der Waals surface area contributed by atoms with Crippen molar-refractivity contribution >= 4 is 40.7 Å². The number of nitrogens with zero attached hydrogens (tertiary/aromatic N) is 1. The van der Waals surface area contributed by atoms with Crippen LogP contribution in [0.2, 0.25) is 10.0 Å². The Bertz CT molecular complexity index is 1460. The van der Waals surface area contributed by atoms with Crippen molar-refractivity contribution in [2.45, 2.75) is 19.5 Å². The van der Waals surface area contributed by atoms with Gasteiger partial charge in [0.05, 0.1) is 23.6 Å². The molecule has 0 saturated heterocycles. The normalized spacial score (nSPS) is 11.7. The standard InChI is InChI=1S/C30H24Cl2N2O4/c31-23-9-12-25(26(32)16-23)30(36)34(18-21-4-2-1-3-5-21)24-10-6-20(7-11-24)15-29(35)33-17-22-8-13-27-28(14-22)38-19-37-27/h1-14,16H,15,17-19H2,(H,33,35). The number of fused-ring (bicyclic) bond motifs is 1. The first-order valence-electron chi connectivity index (χ1n) is 12.0. The van der Waals surface area contributed by atoms with Crippen LogP contribution in [0.15, 0.2) is 91.0 Å². The SMILES string of the molecule is O=C(Cc1ccc(N(Cc2ccccc2)C(=O)c2ccc(Cl)cc2Cl)cc1)NCc1ccc2c(c1)OCO2. The third-order valence-electron chi connectivity index (χ3n) is 6.13. The summed E-state index contributed by atoms with van der Waals surface area (Å²) in [6, 6.07) is 27.5. The van der Waals surface area contributed by atoms with Crippen LogP contribution in [-0.4, -0.2) is 18.6 Å². The van der Waals surface area contributed by atoms with Crippen molar-refractivity contribution in [3.8, 4) is 11.5 Å². The van der Waals surface area contributed by atoms with E-state index >= 15 is 0 Å². The van der Waals surface area contributed by atoms with Crippen LogP contribution >= 0.6 is 23.2 Å². The number of anilines is 1. The van der Waals surface area contributed by atoms with Gasteiger partial charge >= 0.3 is 0 Å². The minimum Gasteiger partial charge on any atom is -0.454 e. The van der Waals surface area contributed by atoms with Crippen LogP contribution in [-0.2, 0) is 24.3 Å². The first-order chi connectivity index (χ1) is 18.5. The Morgan fingerprint density at radius 1 is 0.789 bits per heavy atom. The van der Waals surface area contributed by atoms with Crippen molar-refractivity contribution in [1.82, 2.24) is 5.32 Å². The van der Waals surface area contributed by atoms with Gasteiger partial charge in [0.1, 0.15) is 0 Å². The second-order valence-corrected chi connectivity index (χ2v) is 9.65. The van der Waals surface area contributed by atoms with Gasteiger partial charge in [-0.25, -0.2) is 0 Å². The zero-order chi connectivity index (χ0) is 26.5. The van der Waals surface area contributed by atoms with E-state index in [0.29, 0.717) is 40.9 Å². The zero-order valence-electron chi connectivity index (χ0n) is 20.3. The number of benzene rings is 4. The van der Waals surface area contributed by atoms with E-state index in [1.807, 2.05) is 72.8 Å². The molecule has 1 heterocycles. The summed E-state index contributed by atoms with van der Waals surface area (Å²) in [5.41, 5.74) is 3.77. The van der Waals surface area contributed by atoms with Gasteiger partial charge in [-0.3, -0.25) is 9.59 Å². The fourth-order valence-electron chi connectivity index (χ4n) is 4.15. The predicted molar refractivity (Wildman–Crippen MR) is 148 cm³/mol. The summed E-state index contributed by atoms with van der Waals surface area (Å²) in [5, 5.41) is 3.68. The maximum Gasteiger partial charge on any atom is 0.260 e. The lowest BCUT2D eigenvalue weighted by Gasteiger charge is -2.24. The summed E-state index contributed by atoms with van der Waals surface area (Å²) in [6.45, 7) is 0.949. The average molecular weight is 547 g/mol. The highest BCUT2D eigenvalue weighted by Crippen LogP contribution is 2.32. The van der Waals surface area contributed by atoms with Gasteiger partial charge in [-0.15, -0.1) is 0 Å². The van der Waals surface area contributed by atoms with Gasteiger partial charge in [-0.2, -0.15) is 0 Å². The third kappa shape index (κ3) is 6.10. The fraction of sp³-hybridized carbons (Fsp3) is 0.133. The minimum absolute atomic E-state index is 0.111. The van der Waals surface area contributed by atoms with Crippen molar-refractivity contribution in [2.24, 2.45) is 0 Å². The summed E-state index contributed by atoms with van der Waals surface area (Å²) < 4.78 is 10.7. The average Bonchev–Trinajstić information content (AvgIpc) is 3.39. The van der Waals surface area contributed by atoms with E-state index in [4.69, 9.17) is 32.7 Å². The fourth-order valence-corrected chi connectivity index (χ4v) is 4.64. The van der Waals surface area contributed by atoms with Crippen LogP contribution in [0.25, 0.3) is 0 Å². The summed E-state index contributed by atoms with van der Waals surface area (Å²) in [7, 11) is 0. The van der Waals surface area contributed by atoms with E-state index < -0.39 is 0 Å². The number of carbonyl (C=O) groups excluding carboxylic acids is 2. The molecule has 0 unspecified atom stereocenters. The topological polar surface area (TPSA) is 67.9 Å². The lowest BCUT2D eigenvalue weighted by molar-refractivity contribution is -0.120. The molecule has 6 nitrogen and oxygen atoms in total. The van der Waals surface area contributed by atoms with Gasteiger partial charge in [-0.1, -0.05) is 71.7 Å². The van der Waals surface area contributed by atoms with Gasteiger partial charge in [0.25, 0.3) is 5.91 Å². The summed E-state index contributed by atoms with van der Waals surface area (Å²) in [4.78, 5) is 27.8. The molecule has 4 aromatic rings. The number of hydrogen-bond acceptors (Lipinski definition) is 4. The van der Waals surface area contributed by atoms with E-state index in [2.05, 4.69) is 5.32 Å². The Hall–Kier alpha value is -4.00. The Kier molecular flexibility index (Phi) is 7.82. The molecule has 1 aliphatic heterocycles. The van der Waals surface area contributed by atoms with Crippen LogP contribution in [0.3, 0.4) is 0 Å². The molecule has 0 fully saturated rings. The van der Waals surface area contributed by atoms with Gasteiger partial charge in [0, 0.05) is 17.3 Å². The van der Waals surface area contributed by atoms with Crippen LogP contribution in [0.1, 0.15) is 27.0 Å². The van der Waals surface area contributed by atoms with Crippen LogP contribution in [0, 0.1) is 0 Å². The van der Waals surface area contributed by atoms with Crippen molar-refractivity contribution in [3.05, 3.63) is 123 Å². The molecule has 0 bridgehead atoms. The maximum absolute atomic E-state index is 13.6. The Labute approximate surface area is 230 Å². The zero-order valence-corrected chi connectivity index (χ0v) is 21.8. The highest BCUT2D eigenvalue weighted by molar-refractivity contribution is 6.37. The molecule has 5 rings (SSSR count). The van der Waals surface area contributed by atoms with E-state index in [1.54, 1.807) is 23.1 Å². The molecule has 2 amide bonds. The van der Waals surface area contributed by atoms with Crippen LogP contribution in [0.4, 0.5) is 5.69 Å². The number of hydrogen-bond donors (Lipinski definition) is 1. The van der Waals surface area contributed by atoms with Crippen molar-refractivity contribution in [3.63, 3.8) is 0 Å². The molecular weight excluding hydrogens is 523 g/mol. The van der Waals surface area contributed by atoms with E-state index in [-0.39, 0.29) is 30.1 Å². The molecule has 4 aromatic carbocycles. The van der Waals surface area contributed by atoms with Crippen LogP contribution in [0.5, 0.6) is 11.5 Å². The van der Waals surface area contributed by atoms with Crippen LogP contribution < -0.4 is 19.7 Å².